The highest BCUT2D eigenvalue weighted by Gasteiger charge is 2.42. The highest BCUT2D eigenvalue weighted by molar-refractivity contribution is 5.11. The van der Waals surface area contributed by atoms with Crippen LogP contribution in [0.3, 0.4) is 0 Å². The van der Waals surface area contributed by atoms with E-state index in [1.54, 1.807) is 7.05 Å². The maximum atomic E-state index is 4.82. The quantitative estimate of drug-likeness (QED) is 0.656. The Labute approximate surface area is 100 Å². The minimum absolute atomic E-state index is 0.119. The first kappa shape index (κ1) is 10.6. The molecule has 1 heterocycles. The molecule has 0 amide bonds. The van der Waals surface area contributed by atoms with Gasteiger partial charge in [-0.05, 0) is 31.4 Å². The summed E-state index contributed by atoms with van der Waals surface area (Å²) in [6, 6.07) is 8.20. The van der Waals surface area contributed by atoms with E-state index >= 15 is 0 Å². The van der Waals surface area contributed by atoms with Crippen molar-refractivity contribution in [3.63, 3.8) is 0 Å². The molecule has 4 heteroatoms. The largest absolute Gasteiger partial charge is 0.251 e. The topological polar surface area (TPSA) is 49.4 Å². The molecule has 1 saturated carbocycles. The van der Waals surface area contributed by atoms with Crippen LogP contribution in [0.25, 0.3) is 0 Å². The molecule has 0 aromatic heterocycles. The van der Waals surface area contributed by atoms with Crippen LogP contribution in [0, 0.1) is 0 Å². The lowest BCUT2D eigenvalue weighted by Crippen LogP contribution is -2.39. The number of benzene rings is 1. The van der Waals surface area contributed by atoms with Crippen molar-refractivity contribution in [2.24, 2.45) is 20.2 Å². The molecule has 1 spiro atoms. The second kappa shape index (κ2) is 4.02. The van der Waals surface area contributed by atoms with Gasteiger partial charge < -0.3 is 0 Å². The van der Waals surface area contributed by atoms with E-state index in [1.807, 2.05) is 24.3 Å². The molecule has 1 aliphatic heterocycles. The van der Waals surface area contributed by atoms with Crippen LogP contribution in [-0.2, 0) is 0 Å². The fourth-order valence-electron chi connectivity index (χ4n) is 2.77. The van der Waals surface area contributed by atoms with Crippen LogP contribution < -0.4 is 10.7 Å². The first-order chi connectivity index (χ1) is 8.34. The fraction of sp³-hybridized carbons (Fsp3) is 0.538. The predicted octanol–water partition coefficient (Wildman–Crippen LogP) is 1.66. The molecule has 1 unspecified atom stereocenters. The molecule has 0 N–H and O–H groups in total. The summed E-state index contributed by atoms with van der Waals surface area (Å²) in [4.78, 5) is 9.64. The molecule has 1 fully saturated rings. The highest BCUT2D eigenvalue weighted by Crippen LogP contribution is 2.35. The SMILES string of the molecule is C/N=N/C1CCCCC12N=c1ccccc1=N2. The van der Waals surface area contributed by atoms with Crippen molar-refractivity contribution in [3.8, 4) is 0 Å². The van der Waals surface area contributed by atoms with Gasteiger partial charge in [-0.1, -0.05) is 18.6 Å². The van der Waals surface area contributed by atoms with Crippen LogP contribution in [0.5, 0.6) is 0 Å². The first-order valence-electron chi connectivity index (χ1n) is 6.18. The number of rotatable bonds is 1. The Morgan fingerprint density at radius 1 is 1.18 bits per heavy atom. The number of para-hydroxylation sites is 2. The van der Waals surface area contributed by atoms with Crippen molar-refractivity contribution in [1.29, 1.82) is 0 Å². The summed E-state index contributed by atoms with van der Waals surface area (Å²) < 4.78 is 0. The van der Waals surface area contributed by atoms with Crippen LogP contribution >= 0.6 is 0 Å². The molecule has 88 valence electrons. The molecule has 1 aromatic carbocycles. The predicted molar refractivity (Wildman–Crippen MR) is 64.5 cm³/mol. The van der Waals surface area contributed by atoms with Crippen molar-refractivity contribution in [1.82, 2.24) is 0 Å². The summed E-state index contributed by atoms with van der Waals surface area (Å²) in [7, 11) is 1.73. The first-order valence-corrected chi connectivity index (χ1v) is 6.18. The average molecular weight is 228 g/mol. The lowest BCUT2D eigenvalue weighted by molar-refractivity contribution is 0.258. The Kier molecular flexibility index (Phi) is 2.50. The second-order valence-electron chi connectivity index (χ2n) is 4.67. The number of fused-ring (bicyclic) bond motifs is 1. The Morgan fingerprint density at radius 3 is 2.53 bits per heavy atom. The lowest BCUT2D eigenvalue weighted by Gasteiger charge is -2.33. The summed E-state index contributed by atoms with van der Waals surface area (Å²) in [5.74, 6) is 0. The van der Waals surface area contributed by atoms with Crippen LogP contribution in [0.2, 0.25) is 0 Å². The van der Waals surface area contributed by atoms with Gasteiger partial charge >= 0.3 is 0 Å². The minimum Gasteiger partial charge on any atom is -0.251 e. The maximum absolute atomic E-state index is 4.82. The maximum Gasteiger partial charge on any atom is 0.175 e. The normalized spacial score (nSPS) is 25.6. The molecule has 0 radical (unpaired) electrons. The zero-order valence-corrected chi connectivity index (χ0v) is 10.0. The molecular formula is C13H16N4. The van der Waals surface area contributed by atoms with Gasteiger partial charge in [0.2, 0.25) is 0 Å². The average Bonchev–Trinajstić information content (AvgIpc) is 2.71. The van der Waals surface area contributed by atoms with E-state index in [9.17, 15) is 0 Å². The van der Waals surface area contributed by atoms with Gasteiger partial charge in [-0.15, -0.1) is 0 Å². The van der Waals surface area contributed by atoms with E-state index in [0.29, 0.717) is 0 Å². The molecule has 0 bridgehead atoms. The Morgan fingerprint density at radius 2 is 1.88 bits per heavy atom. The Balaban J connectivity index is 2.10. The van der Waals surface area contributed by atoms with Gasteiger partial charge in [0, 0.05) is 7.05 Å². The van der Waals surface area contributed by atoms with Crippen molar-refractivity contribution >= 4 is 0 Å². The van der Waals surface area contributed by atoms with Gasteiger partial charge in [0.05, 0.1) is 10.7 Å². The smallest absolute Gasteiger partial charge is 0.175 e. The van der Waals surface area contributed by atoms with E-state index in [2.05, 4.69) is 10.2 Å². The third-order valence-electron chi connectivity index (χ3n) is 3.57. The Bertz CT molecular complexity index is 526. The molecule has 17 heavy (non-hydrogen) atoms. The van der Waals surface area contributed by atoms with Gasteiger partial charge in [0.1, 0.15) is 6.04 Å². The second-order valence-corrected chi connectivity index (χ2v) is 4.67. The van der Waals surface area contributed by atoms with Crippen molar-refractivity contribution < 1.29 is 0 Å². The number of azo groups is 1. The van der Waals surface area contributed by atoms with Crippen molar-refractivity contribution in [2.75, 3.05) is 7.05 Å². The molecule has 2 aliphatic rings. The summed E-state index contributed by atoms with van der Waals surface area (Å²) in [5.41, 5.74) is -0.360. The van der Waals surface area contributed by atoms with E-state index in [4.69, 9.17) is 9.98 Å². The van der Waals surface area contributed by atoms with E-state index in [1.165, 1.54) is 12.8 Å². The highest BCUT2D eigenvalue weighted by atomic mass is 15.2. The van der Waals surface area contributed by atoms with Gasteiger partial charge in [-0.25, -0.2) is 0 Å². The molecule has 4 nitrogen and oxygen atoms in total. The van der Waals surface area contributed by atoms with E-state index in [0.717, 1.165) is 23.6 Å². The van der Waals surface area contributed by atoms with Gasteiger partial charge in [0.15, 0.2) is 5.66 Å². The van der Waals surface area contributed by atoms with E-state index in [-0.39, 0.29) is 11.7 Å². The minimum atomic E-state index is -0.360. The van der Waals surface area contributed by atoms with Gasteiger partial charge in [0.25, 0.3) is 0 Å². The van der Waals surface area contributed by atoms with Gasteiger partial charge in [-0.3, -0.25) is 9.98 Å². The van der Waals surface area contributed by atoms with Gasteiger partial charge in [-0.2, -0.15) is 10.2 Å². The number of nitrogens with zero attached hydrogens (tertiary/aromatic N) is 4. The zero-order valence-electron chi connectivity index (χ0n) is 10.0. The lowest BCUT2D eigenvalue weighted by atomic mass is 9.85. The third kappa shape index (κ3) is 1.68. The van der Waals surface area contributed by atoms with E-state index < -0.39 is 0 Å². The Hall–Kier alpha value is -1.58. The molecule has 1 atom stereocenters. The van der Waals surface area contributed by atoms with Crippen molar-refractivity contribution in [2.45, 2.75) is 37.4 Å². The summed E-state index contributed by atoms with van der Waals surface area (Å²) in [6.45, 7) is 0. The molecular weight excluding hydrogens is 212 g/mol. The molecule has 1 aliphatic carbocycles. The fourth-order valence-corrected chi connectivity index (χ4v) is 2.77. The zero-order chi connectivity index (χ0) is 11.7. The van der Waals surface area contributed by atoms with Crippen LogP contribution in [0.4, 0.5) is 0 Å². The molecule has 0 saturated heterocycles. The van der Waals surface area contributed by atoms with Crippen LogP contribution in [0.15, 0.2) is 44.5 Å². The molecule has 1 aromatic rings. The standard InChI is InChI=1S/C13H16N4/c1-14-17-12-8-4-5-9-13(12)15-10-6-2-3-7-11(10)16-13/h2-3,6-7,12H,4-5,8-9H2,1H3/b17-14+. The third-order valence-corrected chi connectivity index (χ3v) is 3.57. The van der Waals surface area contributed by atoms with Crippen molar-refractivity contribution in [3.05, 3.63) is 35.0 Å². The summed E-state index contributed by atoms with van der Waals surface area (Å²) >= 11 is 0. The van der Waals surface area contributed by atoms with Crippen LogP contribution in [-0.4, -0.2) is 18.8 Å². The number of hydrogen-bond acceptors (Lipinski definition) is 4. The number of hydrogen-bond donors (Lipinski definition) is 0. The van der Waals surface area contributed by atoms with Crippen LogP contribution in [0.1, 0.15) is 25.7 Å². The monoisotopic (exact) mass is 228 g/mol. The summed E-state index contributed by atoms with van der Waals surface area (Å²) in [6.07, 6.45) is 4.41. The molecule has 3 rings (SSSR count). The summed E-state index contributed by atoms with van der Waals surface area (Å²) in [5, 5.41) is 10.3.